The molecule has 0 fully saturated rings. The molecular weight excluding hydrogens is 453 g/mol. The highest BCUT2D eigenvalue weighted by atomic mass is 35.5. The van der Waals surface area contributed by atoms with Crippen LogP contribution < -0.4 is 15.9 Å². The molecule has 3 N–H and O–H groups in total. The van der Waals surface area contributed by atoms with Crippen molar-refractivity contribution in [3.8, 4) is 5.75 Å². The van der Waals surface area contributed by atoms with Gasteiger partial charge in [0.15, 0.2) is 5.82 Å². The first-order chi connectivity index (χ1) is 15.0. The third-order valence-corrected chi connectivity index (χ3v) is 6.03. The summed E-state index contributed by atoms with van der Waals surface area (Å²) < 4.78 is 20.2. The second-order valence-electron chi connectivity index (χ2n) is 8.21. The summed E-state index contributed by atoms with van der Waals surface area (Å²) in [6.45, 7) is 8.27. The van der Waals surface area contributed by atoms with E-state index < -0.39 is 11.1 Å². The van der Waals surface area contributed by atoms with E-state index in [4.69, 9.17) is 22.2 Å². The van der Waals surface area contributed by atoms with Gasteiger partial charge in [-0.15, -0.1) is 10.2 Å². The van der Waals surface area contributed by atoms with Crippen LogP contribution in [0.3, 0.4) is 0 Å². The molecule has 10 heteroatoms. The Morgan fingerprint density at radius 3 is 2.56 bits per heavy atom. The number of nitrogens with one attached hydrogen (secondary N) is 1. The number of nitrogens with two attached hydrogens (primary N) is 1. The predicted octanol–water partition coefficient (Wildman–Crippen LogP) is 4.78. The van der Waals surface area contributed by atoms with Gasteiger partial charge in [-0.1, -0.05) is 56.3 Å². The summed E-state index contributed by atoms with van der Waals surface area (Å²) in [6, 6.07) is 11.6. The summed E-state index contributed by atoms with van der Waals surface area (Å²) in [7, 11) is 0. The zero-order valence-electron chi connectivity index (χ0n) is 18.2. The van der Waals surface area contributed by atoms with Crippen molar-refractivity contribution in [2.24, 2.45) is 0 Å². The van der Waals surface area contributed by atoms with Crippen molar-refractivity contribution < 1.29 is 13.9 Å². The maximum atomic E-state index is 13.2. The smallest absolute Gasteiger partial charge is 0.237 e. The number of nitrogens with zero attached hydrogens (tertiary/aromatic N) is 3. The number of ether oxygens (including phenoxy) is 1. The molecule has 0 aliphatic heterocycles. The van der Waals surface area contributed by atoms with Gasteiger partial charge in [-0.05, 0) is 48.2 Å². The Bertz CT molecular complexity index is 1100. The highest BCUT2D eigenvalue weighted by molar-refractivity contribution is 8.00. The van der Waals surface area contributed by atoms with Gasteiger partial charge in [-0.3, -0.25) is 4.79 Å². The standard InChI is InChI=1S/C22H25ClFN5O2S/c1-13(20(30)26-18-10-7-15(24)11-17(18)23)32-21-28-27-19(29(21)25)12-31-16-8-5-14(6-9-16)22(2,3)4/h5-11,13H,12,25H2,1-4H3,(H,26,30). The first-order valence-corrected chi connectivity index (χ1v) is 11.2. The first-order valence-electron chi connectivity index (χ1n) is 9.90. The zero-order valence-corrected chi connectivity index (χ0v) is 19.8. The number of thioether (sulfide) groups is 1. The molecule has 0 saturated heterocycles. The summed E-state index contributed by atoms with van der Waals surface area (Å²) in [5.74, 6) is 6.39. The van der Waals surface area contributed by atoms with Crippen LogP contribution in [0.2, 0.25) is 5.02 Å². The second-order valence-corrected chi connectivity index (χ2v) is 9.92. The molecule has 2 aromatic carbocycles. The van der Waals surface area contributed by atoms with Gasteiger partial charge >= 0.3 is 0 Å². The maximum Gasteiger partial charge on any atom is 0.237 e. The number of nitrogen functional groups attached to an aromatic ring is 1. The largest absolute Gasteiger partial charge is 0.486 e. The Labute approximate surface area is 195 Å². The number of amides is 1. The number of carbonyl (C=O) groups is 1. The minimum atomic E-state index is -0.554. The summed E-state index contributed by atoms with van der Waals surface area (Å²) in [6.07, 6.45) is 0. The topological polar surface area (TPSA) is 95.1 Å². The molecule has 3 aromatic rings. The van der Waals surface area contributed by atoms with E-state index in [2.05, 4.69) is 36.3 Å². The molecule has 1 atom stereocenters. The quantitative estimate of drug-likeness (QED) is 0.375. The molecule has 1 amide bonds. The molecule has 0 bridgehead atoms. The Balaban J connectivity index is 1.58. The highest BCUT2D eigenvalue weighted by Gasteiger charge is 2.20. The number of halogens is 2. The van der Waals surface area contributed by atoms with E-state index in [1.165, 1.54) is 22.4 Å². The molecule has 32 heavy (non-hydrogen) atoms. The fourth-order valence-electron chi connectivity index (χ4n) is 2.72. The van der Waals surface area contributed by atoms with E-state index in [-0.39, 0.29) is 23.0 Å². The van der Waals surface area contributed by atoms with Gasteiger partial charge < -0.3 is 15.9 Å². The molecule has 1 unspecified atom stereocenters. The average Bonchev–Trinajstić information content (AvgIpc) is 3.07. The van der Waals surface area contributed by atoms with Crippen LogP contribution >= 0.6 is 23.4 Å². The third-order valence-electron chi connectivity index (χ3n) is 4.66. The fourth-order valence-corrected chi connectivity index (χ4v) is 3.73. The third kappa shape index (κ3) is 5.92. The number of rotatable bonds is 7. The second kappa shape index (κ2) is 9.79. The number of anilines is 1. The van der Waals surface area contributed by atoms with Gasteiger partial charge in [-0.2, -0.15) is 0 Å². The number of hydrogen-bond donors (Lipinski definition) is 2. The minimum Gasteiger partial charge on any atom is -0.486 e. The average molecular weight is 478 g/mol. The molecule has 0 radical (unpaired) electrons. The lowest BCUT2D eigenvalue weighted by atomic mass is 9.87. The summed E-state index contributed by atoms with van der Waals surface area (Å²) in [5.41, 5.74) is 1.60. The lowest BCUT2D eigenvalue weighted by molar-refractivity contribution is -0.115. The van der Waals surface area contributed by atoms with Crippen LogP contribution in [0.5, 0.6) is 5.75 Å². The molecule has 1 heterocycles. The van der Waals surface area contributed by atoms with Crippen LogP contribution in [0.4, 0.5) is 10.1 Å². The lowest BCUT2D eigenvalue weighted by Crippen LogP contribution is -2.24. The predicted molar refractivity (Wildman–Crippen MR) is 125 cm³/mol. The normalized spacial score (nSPS) is 12.4. The van der Waals surface area contributed by atoms with Crippen molar-refractivity contribution in [2.75, 3.05) is 11.2 Å². The number of carbonyl (C=O) groups excluding carboxylic acids is 1. The van der Waals surface area contributed by atoms with E-state index in [0.29, 0.717) is 22.4 Å². The SMILES string of the molecule is CC(Sc1nnc(COc2ccc(C(C)(C)C)cc2)n1N)C(=O)Nc1ccc(F)cc1Cl. The maximum absolute atomic E-state index is 13.2. The number of benzene rings is 2. The van der Waals surface area contributed by atoms with Gasteiger partial charge in [-0.25, -0.2) is 9.07 Å². The molecule has 1 aromatic heterocycles. The van der Waals surface area contributed by atoms with Crippen LogP contribution in [-0.2, 0) is 16.8 Å². The van der Waals surface area contributed by atoms with Crippen molar-refractivity contribution in [2.45, 2.75) is 50.1 Å². The molecule has 3 rings (SSSR count). The van der Waals surface area contributed by atoms with Crippen molar-refractivity contribution >= 4 is 35.0 Å². The van der Waals surface area contributed by atoms with E-state index in [1.807, 2.05) is 24.3 Å². The van der Waals surface area contributed by atoms with Gasteiger partial charge in [0.25, 0.3) is 0 Å². The van der Waals surface area contributed by atoms with E-state index in [0.717, 1.165) is 17.8 Å². The Hall–Kier alpha value is -2.78. The van der Waals surface area contributed by atoms with Crippen molar-refractivity contribution in [3.05, 3.63) is 64.7 Å². The lowest BCUT2D eigenvalue weighted by Gasteiger charge is -2.19. The van der Waals surface area contributed by atoms with Gasteiger partial charge in [0.1, 0.15) is 18.2 Å². The molecule has 0 spiro atoms. The van der Waals surface area contributed by atoms with E-state index in [9.17, 15) is 9.18 Å². The molecule has 7 nitrogen and oxygen atoms in total. The summed E-state index contributed by atoms with van der Waals surface area (Å²) in [5, 5.41) is 10.7. The Morgan fingerprint density at radius 2 is 1.94 bits per heavy atom. The first kappa shape index (κ1) is 23.9. The molecule has 170 valence electrons. The van der Waals surface area contributed by atoms with Crippen LogP contribution in [-0.4, -0.2) is 26.0 Å². The van der Waals surface area contributed by atoms with Crippen molar-refractivity contribution in [1.29, 1.82) is 0 Å². The van der Waals surface area contributed by atoms with Crippen molar-refractivity contribution in [3.63, 3.8) is 0 Å². The fraction of sp³-hybridized carbons (Fsp3) is 0.318. The van der Waals surface area contributed by atoms with Gasteiger partial charge in [0.05, 0.1) is 16.0 Å². The molecule has 0 saturated carbocycles. The van der Waals surface area contributed by atoms with E-state index in [1.54, 1.807) is 6.92 Å². The van der Waals surface area contributed by atoms with Gasteiger partial charge in [0, 0.05) is 0 Å². The monoisotopic (exact) mass is 477 g/mol. The van der Waals surface area contributed by atoms with Crippen LogP contribution in [0, 0.1) is 5.82 Å². The minimum absolute atomic E-state index is 0.0626. The summed E-state index contributed by atoms with van der Waals surface area (Å²) >= 11 is 7.09. The Kier molecular flexibility index (Phi) is 7.30. The molecule has 0 aliphatic rings. The van der Waals surface area contributed by atoms with Crippen LogP contribution in [0.15, 0.2) is 47.6 Å². The zero-order chi connectivity index (χ0) is 23.5. The summed E-state index contributed by atoms with van der Waals surface area (Å²) in [4.78, 5) is 12.5. The number of aromatic nitrogens is 3. The number of hydrogen-bond acceptors (Lipinski definition) is 6. The van der Waals surface area contributed by atoms with Crippen LogP contribution in [0.1, 0.15) is 39.1 Å². The Morgan fingerprint density at radius 1 is 1.25 bits per heavy atom. The van der Waals surface area contributed by atoms with Crippen molar-refractivity contribution in [1.82, 2.24) is 14.9 Å². The van der Waals surface area contributed by atoms with Crippen LogP contribution in [0.25, 0.3) is 0 Å². The molecule has 0 aliphatic carbocycles. The van der Waals surface area contributed by atoms with Gasteiger partial charge in [0.2, 0.25) is 11.1 Å². The highest BCUT2D eigenvalue weighted by Crippen LogP contribution is 2.27. The molecular formula is C22H25ClFN5O2S. The van der Waals surface area contributed by atoms with E-state index >= 15 is 0 Å².